The van der Waals surface area contributed by atoms with E-state index in [-0.39, 0.29) is 0 Å². The van der Waals surface area contributed by atoms with E-state index in [9.17, 15) is 0 Å². The second-order valence-electron chi connectivity index (χ2n) is 4.37. The maximum absolute atomic E-state index is 4.37. The molecule has 0 amide bonds. The first kappa shape index (κ1) is 11.3. The largest absolute Gasteiger partial charge is 0.351 e. The summed E-state index contributed by atoms with van der Waals surface area (Å²) in [6, 6.07) is 2.45. The normalized spacial score (nSPS) is 18.6. The van der Waals surface area contributed by atoms with E-state index in [0.29, 0.717) is 6.04 Å². The van der Waals surface area contributed by atoms with Crippen LogP contribution in [0.1, 0.15) is 25.5 Å². The van der Waals surface area contributed by atoms with Crippen LogP contribution in [0.3, 0.4) is 0 Å². The average molecular weight is 220 g/mol. The predicted octanol–water partition coefficient (Wildman–Crippen LogP) is 1.68. The Labute approximate surface area is 97.1 Å². The van der Waals surface area contributed by atoms with Gasteiger partial charge < -0.3 is 10.2 Å². The van der Waals surface area contributed by atoms with E-state index in [4.69, 9.17) is 0 Å². The maximum Gasteiger partial charge on any atom is 0.223 e. The second kappa shape index (κ2) is 5.25. The molecule has 0 spiro atoms. The number of likely N-dealkylation sites (tertiary alicyclic amines) is 1. The summed E-state index contributed by atoms with van der Waals surface area (Å²) in [6.07, 6.45) is 4.18. The summed E-state index contributed by atoms with van der Waals surface area (Å²) >= 11 is 0. The molecule has 1 aliphatic heterocycles. The van der Waals surface area contributed by atoms with Crippen LogP contribution in [0.4, 0.5) is 5.95 Å². The molecule has 88 valence electrons. The standard InChI is InChI=1S/C12H20N4/c1-3-16-8-5-11(6-9-16)15-12-13-7-4-10(2)14-12/h4,7,11H,3,5-6,8-9H2,1-2H3,(H,13,14,15). The molecule has 2 heterocycles. The van der Waals surface area contributed by atoms with Crippen molar-refractivity contribution in [2.75, 3.05) is 25.0 Å². The molecule has 0 saturated carbocycles. The minimum absolute atomic E-state index is 0.532. The molecule has 0 aromatic carbocycles. The lowest BCUT2D eigenvalue weighted by Gasteiger charge is -2.31. The fourth-order valence-corrected chi connectivity index (χ4v) is 2.09. The van der Waals surface area contributed by atoms with E-state index < -0.39 is 0 Å². The van der Waals surface area contributed by atoms with Crippen molar-refractivity contribution in [3.63, 3.8) is 0 Å². The van der Waals surface area contributed by atoms with Gasteiger partial charge in [0.1, 0.15) is 0 Å². The molecule has 1 aromatic rings. The Balaban J connectivity index is 1.87. The van der Waals surface area contributed by atoms with Crippen molar-refractivity contribution in [1.82, 2.24) is 14.9 Å². The average Bonchev–Trinajstić information content (AvgIpc) is 2.30. The molecular weight excluding hydrogens is 200 g/mol. The van der Waals surface area contributed by atoms with Gasteiger partial charge in [0.2, 0.25) is 5.95 Å². The fourth-order valence-electron chi connectivity index (χ4n) is 2.09. The van der Waals surface area contributed by atoms with E-state index in [1.165, 1.54) is 25.9 Å². The molecule has 4 nitrogen and oxygen atoms in total. The molecule has 0 unspecified atom stereocenters. The van der Waals surface area contributed by atoms with Crippen LogP contribution in [-0.4, -0.2) is 40.5 Å². The van der Waals surface area contributed by atoms with E-state index in [1.807, 2.05) is 19.2 Å². The summed E-state index contributed by atoms with van der Waals surface area (Å²) in [5, 5.41) is 3.42. The highest BCUT2D eigenvalue weighted by Crippen LogP contribution is 2.13. The molecule has 16 heavy (non-hydrogen) atoms. The van der Waals surface area contributed by atoms with E-state index in [0.717, 1.165) is 18.2 Å². The van der Waals surface area contributed by atoms with Crippen LogP contribution < -0.4 is 5.32 Å². The Hall–Kier alpha value is -1.16. The lowest BCUT2D eigenvalue weighted by molar-refractivity contribution is 0.229. The zero-order valence-electron chi connectivity index (χ0n) is 10.1. The van der Waals surface area contributed by atoms with Crippen molar-refractivity contribution in [3.8, 4) is 0 Å². The van der Waals surface area contributed by atoms with Crippen LogP contribution in [0.15, 0.2) is 12.3 Å². The first-order chi connectivity index (χ1) is 7.78. The van der Waals surface area contributed by atoms with Crippen LogP contribution in [0.25, 0.3) is 0 Å². The van der Waals surface area contributed by atoms with Gasteiger partial charge in [-0.3, -0.25) is 0 Å². The topological polar surface area (TPSA) is 41.0 Å². The van der Waals surface area contributed by atoms with Gasteiger partial charge in [-0.15, -0.1) is 0 Å². The molecule has 2 rings (SSSR count). The molecule has 1 N–H and O–H groups in total. The summed E-state index contributed by atoms with van der Waals surface area (Å²) < 4.78 is 0. The van der Waals surface area contributed by atoms with Gasteiger partial charge in [0.25, 0.3) is 0 Å². The summed E-state index contributed by atoms with van der Waals surface area (Å²) in [7, 11) is 0. The summed E-state index contributed by atoms with van der Waals surface area (Å²) in [6.45, 7) is 7.73. The van der Waals surface area contributed by atoms with Crippen LogP contribution in [0, 0.1) is 6.92 Å². The van der Waals surface area contributed by atoms with Crippen molar-refractivity contribution in [1.29, 1.82) is 0 Å². The minimum atomic E-state index is 0.532. The van der Waals surface area contributed by atoms with Crippen LogP contribution in [-0.2, 0) is 0 Å². The van der Waals surface area contributed by atoms with Gasteiger partial charge in [0.15, 0.2) is 0 Å². The highest BCUT2D eigenvalue weighted by Gasteiger charge is 2.18. The van der Waals surface area contributed by atoms with Gasteiger partial charge >= 0.3 is 0 Å². The number of anilines is 1. The van der Waals surface area contributed by atoms with Gasteiger partial charge in [0.05, 0.1) is 0 Å². The third-order valence-electron chi connectivity index (χ3n) is 3.16. The zero-order chi connectivity index (χ0) is 11.4. The summed E-state index contributed by atoms with van der Waals surface area (Å²) in [5.41, 5.74) is 1.02. The Morgan fingerprint density at radius 1 is 1.44 bits per heavy atom. The molecule has 0 radical (unpaired) electrons. The van der Waals surface area contributed by atoms with Gasteiger partial charge in [0, 0.05) is 31.0 Å². The number of aryl methyl sites for hydroxylation is 1. The smallest absolute Gasteiger partial charge is 0.223 e. The molecule has 1 aliphatic rings. The third kappa shape index (κ3) is 2.92. The Morgan fingerprint density at radius 2 is 2.19 bits per heavy atom. The quantitative estimate of drug-likeness (QED) is 0.841. The van der Waals surface area contributed by atoms with E-state index in [1.54, 1.807) is 0 Å². The summed E-state index contributed by atoms with van der Waals surface area (Å²) in [5.74, 6) is 0.773. The molecule has 0 aliphatic carbocycles. The number of piperidine rings is 1. The van der Waals surface area contributed by atoms with Crippen molar-refractivity contribution in [3.05, 3.63) is 18.0 Å². The number of hydrogen-bond donors (Lipinski definition) is 1. The van der Waals surface area contributed by atoms with Crippen molar-refractivity contribution < 1.29 is 0 Å². The Morgan fingerprint density at radius 3 is 2.81 bits per heavy atom. The first-order valence-corrected chi connectivity index (χ1v) is 6.06. The Bertz CT molecular complexity index is 332. The highest BCUT2D eigenvalue weighted by atomic mass is 15.2. The van der Waals surface area contributed by atoms with E-state index in [2.05, 4.69) is 27.1 Å². The number of aromatic nitrogens is 2. The van der Waals surface area contributed by atoms with Crippen molar-refractivity contribution in [2.45, 2.75) is 32.7 Å². The second-order valence-corrected chi connectivity index (χ2v) is 4.37. The molecule has 1 fully saturated rings. The van der Waals surface area contributed by atoms with Gasteiger partial charge in [-0.05, 0) is 32.4 Å². The van der Waals surface area contributed by atoms with Gasteiger partial charge in [-0.1, -0.05) is 6.92 Å². The number of hydrogen-bond acceptors (Lipinski definition) is 4. The third-order valence-corrected chi connectivity index (χ3v) is 3.16. The molecule has 1 aromatic heterocycles. The molecule has 4 heteroatoms. The molecular formula is C12H20N4. The lowest BCUT2D eigenvalue weighted by atomic mass is 10.1. The number of rotatable bonds is 3. The summed E-state index contributed by atoms with van der Waals surface area (Å²) in [4.78, 5) is 11.1. The SMILES string of the molecule is CCN1CCC(Nc2nccc(C)n2)CC1. The minimum Gasteiger partial charge on any atom is -0.351 e. The molecule has 0 bridgehead atoms. The zero-order valence-corrected chi connectivity index (χ0v) is 10.1. The van der Waals surface area contributed by atoms with Gasteiger partial charge in [-0.25, -0.2) is 9.97 Å². The van der Waals surface area contributed by atoms with Crippen molar-refractivity contribution >= 4 is 5.95 Å². The predicted molar refractivity (Wildman–Crippen MR) is 65.5 cm³/mol. The Kier molecular flexibility index (Phi) is 3.72. The molecule has 0 atom stereocenters. The van der Waals surface area contributed by atoms with Crippen LogP contribution in [0.5, 0.6) is 0 Å². The first-order valence-electron chi connectivity index (χ1n) is 6.06. The monoisotopic (exact) mass is 220 g/mol. The van der Waals surface area contributed by atoms with Gasteiger partial charge in [-0.2, -0.15) is 0 Å². The molecule has 1 saturated heterocycles. The fraction of sp³-hybridized carbons (Fsp3) is 0.667. The van der Waals surface area contributed by atoms with Crippen molar-refractivity contribution in [2.24, 2.45) is 0 Å². The van der Waals surface area contributed by atoms with Crippen LogP contribution in [0.2, 0.25) is 0 Å². The number of nitrogens with zero attached hydrogens (tertiary/aromatic N) is 3. The lowest BCUT2D eigenvalue weighted by Crippen LogP contribution is -2.39. The highest BCUT2D eigenvalue weighted by molar-refractivity contribution is 5.26. The number of nitrogens with one attached hydrogen (secondary N) is 1. The van der Waals surface area contributed by atoms with E-state index >= 15 is 0 Å². The maximum atomic E-state index is 4.37. The van der Waals surface area contributed by atoms with Crippen LogP contribution >= 0.6 is 0 Å².